The van der Waals surface area contributed by atoms with Gasteiger partial charge in [-0.25, -0.2) is 0 Å². The predicted molar refractivity (Wildman–Crippen MR) is 107 cm³/mol. The Morgan fingerprint density at radius 3 is 2.32 bits per heavy atom. The van der Waals surface area contributed by atoms with Crippen LogP contribution in [-0.2, 0) is 9.59 Å². The van der Waals surface area contributed by atoms with Crippen molar-refractivity contribution in [3.05, 3.63) is 24.3 Å². The van der Waals surface area contributed by atoms with Gasteiger partial charge in [-0.05, 0) is 56.5 Å². The molecule has 0 bridgehead atoms. The first kappa shape index (κ1) is 22.0. The molecule has 1 aliphatic heterocycles. The fraction of sp³-hybridized carbons (Fsp3) is 0.619. The molecule has 1 N–H and O–H groups in total. The molecule has 0 aliphatic carbocycles. The molecule has 1 fully saturated rings. The van der Waals surface area contributed by atoms with Gasteiger partial charge in [-0.2, -0.15) is 0 Å². The number of carbonyl (C=O) groups excluding carboxylic acids is 1. The molecule has 0 aromatic heterocycles. The van der Waals surface area contributed by atoms with Crippen molar-refractivity contribution < 1.29 is 24.2 Å². The molecule has 0 radical (unpaired) electrons. The van der Waals surface area contributed by atoms with Gasteiger partial charge < -0.3 is 19.5 Å². The molecule has 156 valence electrons. The van der Waals surface area contributed by atoms with Crippen LogP contribution in [0.1, 0.15) is 39.5 Å². The Morgan fingerprint density at radius 2 is 1.75 bits per heavy atom. The van der Waals surface area contributed by atoms with Crippen LogP contribution in [-0.4, -0.2) is 72.2 Å². The Labute approximate surface area is 167 Å². The SMILES string of the molecule is CCCOc1ccc(OCCN2CCCC(N(CC(=O)O)C(C)=O)CC2)cc1. The highest BCUT2D eigenvalue weighted by molar-refractivity contribution is 5.79. The summed E-state index contributed by atoms with van der Waals surface area (Å²) in [4.78, 5) is 26.6. The number of carboxylic acid groups (broad SMARTS) is 1. The number of amides is 1. The summed E-state index contributed by atoms with van der Waals surface area (Å²) in [5.74, 6) is 0.538. The molecular formula is C21H32N2O5. The monoisotopic (exact) mass is 392 g/mol. The van der Waals surface area contributed by atoms with Crippen LogP contribution < -0.4 is 9.47 Å². The average molecular weight is 392 g/mol. The van der Waals surface area contributed by atoms with E-state index in [4.69, 9.17) is 14.6 Å². The maximum Gasteiger partial charge on any atom is 0.323 e. The number of rotatable bonds is 10. The van der Waals surface area contributed by atoms with Gasteiger partial charge in [-0.1, -0.05) is 6.92 Å². The molecule has 1 aliphatic rings. The number of carbonyl (C=O) groups is 2. The molecule has 1 atom stereocenters. The Bertz CT molecular complexity index is 620. The van der Waals surface area contributed by atoms with Crippen molar-refractivity contribution in [3.63, 3.8) is 0 Å². The highest BCUT2D eigenvalue weighted by Gasteiger charge is 2.25. The number of nitrogens with zero attached hydrogens (tertiary/aromatic N) is 2. The molecule has 0 saturated carbocycles. The number of benzene rings is 1. The molecule has 7 nitrogen and oxygen atoms in total. The Hall–Kier alpha value is -2.28. The van der Waals surface area contributed by atoms with Crippen LogP contribution in [0.15, 0.2) is 24.3 Å². The Balaban J connectivity index is 1.75. The van der Waals surface area contributed by atoms with Gasteiger partial charge in [-0.15, -0.1) is 0 Å². The molecule has 2 rings (SSSR count). The van der Waals surface area contributed by atoms with Gasteiger partial charge in [0.05, 0.1) is 6.61 Å². The van der Waals surface area contributed by atoms with E-state index >= 15 is 0 Å². The first-order valence-corrected chi connectivity index (χ1v) is 10.1. The summed E-state index contributed by atoms with van der Waals surface area (Å²) in [5.41, 5.74) is 0. The van der Waals surface area contributed by atoms with Crippen molar-refractivity contribution in [2.75, 3.05) is 39.4 Å². The van der Waals surface area contributed by atoms with Gasteiger partial charge in [0, 0.05) is 26.1 Å². The summed E-state index contributed by atoms with van der Waals surface area (Å²) in [7, 11) is 0. The number of likely N-dealkylation sites (tertiary alicyclic amines) is 1. The summed E-state index contributed by atoms with van der Waals surface area (Å²) < 4.78 is 11.4. The van der Waals surface area contributed by atoms with Gasteiger partial charge >= 0.3 is 5.97 Å². The zero-order chi connectivity index (χ0) is 20.4. The van der Waals surface area contributed by atoms with Crippen molar-refractivity contribution in [3.8, 4) is 11.5 Å². The number of hydrogen-bond donors (Lipinski definition) is 1. The van der Waals surface area contributed by atoms with Crippen molar-refractivity contribution in [2.24, 2.45) is 0 Å². The van der Waals surface area contributed by atoms with Crippen molar-refractivity contribution in [1.82, 2.24) is 9.80 Å². The lowest BCUT2D eigenvalue weighted by Crippen LogP contribution is -2.42. The second-order valence-corrected chi connectivity index (χ2v) is 7.14. The third-order valence-electron chi connectivity index (χ3n) is 4.91. The van der Waals surface area contributed by atoms with Gasteiger partial charge in [0.25, 0.3) is 0 Å². The third kappa shape index (κ3) is 7.38. The van der Waals surface area contributed by atoms with Crippen LogP contribution >= 0.6 is 0 Å². The minimum absolute atomic E-state index is 0.00446. The summed E-state index contributed by atoms with van der Waals surface area (Å²) in [6.45, 7) is 7.17. The summed E-state index contributed by atoms with van der Waals surface area (Å²) >= 11 is 0. The quantitative estimate of drug-likeness (QED) is 0.659. The van der Waals surface area contributed by atoms with Crippen molar-refractivity contribution >= 4 is 11.9 Å². The normalized spacial score (nSPS) is 17.6. The Kier molecular flexibility index (Phi) is 9.07. The largest absolute Gasteiger partial charge is 0.494 e. The number of aliphatic carboxylic acids is 1. The lowest BCUT2D eigenvalue weighted by molar-refractivity contribution is -0.145. The van der Waals surface area contributed by atoms with Gasteiger partial charge in [0.1, 0.15) is 24.7 Å². The molecule has 28 heavy (non-hydrogen) atoms. The molecule has 1 unspecified atom stereocenters. The second kappa shape index (κ2) is 11.5. The number of carboxylic acids is 1. The third-order valence-corrected chi connectivity index (χ3v) is 4.91. The summed E-state index contributed by atoms with van der Waals surface area (Å²) in [6.07, 6.45) is 3.55. The second-order valence-electron chi connectivity index (χ2n) is 7.14. The molecule has 1 aromatic rings. The standard InChI is InChI=1S/C21H32N2O5/c1-3-14-27-19-6-8-20(9-7-19)28-15-13-22-11-4-5-18(10-12-22)23(17(2)24)16-21(25)26/h6-9,18H,3-5,10-16H2,1-2H3,(H,25,26). The van der Waals surface area contributed by atoms with Gasteiger partial charge in [-0.3, -0.25) is 14.5 Å². The summed E-state index contributed by atoms with van der Waals surface area (Å²) in [5, 5.41) is 9.04. The van der Waals surface area contributed by atoms with E-state index in [1.54, 1.807) is 0 Å². The van der Waals surface area contributed by atoms with Crippen LogP contribution in [0.3, 0.4) is 0 Å². The highest BCUT2D eigenvalue weighted by Crippen LogP contribution is 2.19. The van der Waals surface area contributed by atoms with Crippen LogP contribution in [0, 0.1) is 0 Å². The zero-order valence-electron chi connectivity index (χ0n) is 16.9. The fourth-order valence-electron chi connectivity index (χ4n) is 3.46. The van der Waals surface area contributed by atoms with E-state index in [0.29, 0.717) is 13.2 Å². The first-order chi connectivity index (χ1) is 13.5. The average Bonchev–Trinajstić information content (AvgIpc) is 2.91. The molecule has 0 spiro atoms. The molecule has 1 aromatic carbocycles. The fourth-order valence-corrected chi connectivity index (χ4v) is 3.46. The number of ether oxygens (including phenoxy) is 2. The van der Waals surface area contributed by atoms with Crippen LogP contribution in [0.5, 0.6) is 11.5 Å². The van der Waals surface area contributed by atoms with E-state index in [0.717, 1.165) is 56.8 Å². The Morgan fingerprint density at radius 1 is 1.11 bits per heavy atom. The molecular weight excluding hydrogens is 360 g/mol. The van der Waals surface area contributed by atoms with Gasteiger partial charge in [0.15, 0.2) is 0 Å². The topological polar surface area (TPSA) is 79.3 Å². The minimum Gasteiger partial charge on any atom is -0.494 e. The minimum atomic E-state index is -0.962. The maximum absolute atomic E-state index is 11.8. The van der Waals surface area contributed by atoms with Crippen molar-refractivity contribution in [2.45, 2.75) is 45.6 Å². The zero-order valence-corrected chi connectivity index (χ0v) is 16.9. The van der Waals surface area contributed by atoms with E-state index < -0.39 is 5.97 Å². The van der Waals surface area contributed by atoms with E-state index in [2.05, 4.69) is 11.8 Å². The maximum atomic E-state index is 11.8. The lowest BCUT2D eigenvalue weighted by atomic mass is 10.1. The van der Waals surface area contributed by atoms with E-state index in [9.17, 15) is 9.59 Å². The molecule has 7 heteroatoms. The van der Waals surface area contributed by atoms with Crippen LogP contribution in [0.4, 0.5) is 0 Å². The van der Waals surface area contributed by atoms with Crippen molar-refractivity contribution in [1.29, 1.82) is 0 Å². The first-order valence-electron chi connectivity index (χ1n) is 10.1. The van der Waals surface area contributed by atoms with Crippen LogP contribution in [0.25, 0.3) is 0 Å². The molecule has 1 heterocycles. The van der Waals surface area contributed by atoms with E-state index in [-0.39, 0.29) is 18.5 Å². The van der Waals surface area contributed by atoms with E-state index in [1.807, 2.05) is 24.3 Å². The highest BCUT2D eigenvalue weighted by atomic mass is 16.5. The number of hydrogen-bond acceptors (Lipinski definition) is 5. The molecule has 1 amide bonds. The lowest BCUT2D eigenvalue weighted by Gasteiger charge is -2.29. The van der Waals surface area contributed by atoms with Gasteiger partial charge in [0.2, 0.25) is 5.91 Å². The smallest absolute Gasteiger partial charge is 0.323 e. The summed E-state index contributed by atoms with van der Waals surface area (Å²) in [6, 6.07) is 7.66. The molecule has 1 saturated heterocycles. The van der Waals surface area contributed by atoms with E-state index in [1.165, 1.54) is 11.8 Å². The van der Waals surface area contributed by atoms with Crippen LogP contribution in [0.2, 0.25) is 0 Å². The predicted octanol–water partition coefficient (Wildman–Crippen LogP) is 2.64.